The van der Waals surface area contributed by atoms with Crippen molar-refractivity contribution in [2.75, 3.05) is 33.7 Å². The maximum atomic E-state index is 11.9. The van der Waals surface area contributed by atoms with Crippen molar-refractivity contribution in [1.82, 2.24) is 15.1 Å². The van der Waals surface area contributed by atoms with Crippen LogP contribution in [0.3, 0.4) is 0 Å². The van der Waals surface area contributed by atoms with Crippen molar-refractivity contribution < 1.29 is 4.79 Å². The molecule has 1 aliphatic carbocycles. The van der Waals surface area contributed by atoms with E-state index < -0.39 is 0 Å². The maximum absolute atomic E-state index is 11.9. The summed E-state index contributed by atoms with van der Waals surface area (Å²) in [4.78, 5) is 20.4. The minimum absolute atomic E-state index is 0.0412. The monoisotopic (exact) mass is 328 g/mol. The number of hydrogen-bond acceptors (Lipinski definition) is 2. The molecule has 1 amide bonds. The normalized spacial score (nSPS) is 21.0. The molecular weight excluding hydrogens is 300 g/mol. The van der Waals surface area contributed by atoms with Crippen LogP contribution in [0.15, 0.2) is 29.3 Å². The molecule has 3 rings (SSSR count). The molecule has 0 bridgehead atoms. The van der Waals surface area contributed by atoms with Crippen molar-refractivity contribution in [3.8, 4) is 0 Å². The highest BCUT2D eigenvalue weighted by Gasteiger charge is 2.30. The van der Waals surface area contributed by atoms with Crippen LogP contribution in [0.25, 0.3) is 0 Å². The first-order chi connectivity index (χ1) is 11.5. The summed E-state index contributed by atoms with van der Waals surface area (Å²) in [6.07, 6.45) is 3.54. The standard InChI is InChI=1S/C19H28N4O/c1-14-5-4-6-15(11-14)16-9-10-23(13-16)19(21-17-7-8-17)20-12-18(24)22(2)3/h4-6,11,16-17H,7-10,12-13H2,1-3H3,(H,20,21). The number of rotatable bonds is 4. The first-order valence-electron chi connectivity index (χ1n) is 8.85. The highest BCUT2D eigenvalue weighted by atomic mass is 16.2. The maximum Gasteiger partial charge on any atom is 0.243 e. The molecule has 0 spiro atoms. The zero-order chi connectivity index (χ0) is 17.1. The molecule has 1 aromatic carbocycles. The van der Waals surface area contributed by atoms with E-state index >= 15 is 0 Å². The van der Waals surface area contributed by atoms with Gasteiger partial charge in [-0.15, -0.1) is 0 Å². The SMILES string of the molecule is Cc1cccc(C2CCN(C(=NCC(=O)N(C)C)NC3CC3)C2)c1. The highest BCUT2D eigenvalue weighted by Crippen LogP contribution is 2.28. The summed E-state index contributed by atoms with van der Waals surface area (Å²) in [5, 5.41) is 3.52. The number of amides is 1. The molecule has 1 aromatic rings. The summed E-state index contributed by atoms with van der Waals surface area (Å²) in [5.41, 5.74) is 2.72. The van der Waals surface area contributed by atoms with E-state index in [0.29, 0.717) is 12.0 Å². The average Bonchev–Trinajstić information content (AvgIpc) is 3.24. The van der Waals surface area contributed by atoms with Crippen molar-refractivity contribution in [1.29, 1.82) is 0 Å². The molecule has 2 fully saturated rings. The van der Waals surface area contributed by atoms with Gasteiger partial charge in [-0.1, -0.05) is 29.8 Å². The van der Waals surface area contributed by atoms with Gasteiger partial charge in [0.2, 0.25) is 5.91 Å². The molecule has 1 atom stereocenters. The van der Waals surface area contributed by atoms with Gasteiger partial charge in [0.05, 0.1) is 0 Å². The Morgan fingerprint density at radius 2 is 2.12 bits per heavy atom. The fraction of sp³-hybridized carbons (Fsp3) is 0.579. The number of carbonyl (C=O) groups is 1. The second-order valence-corrected chi connectivity index (χ2v) is 7.19. The molecule has 2 aliphatic rings. The van der Waals surface area contributed by atoms with Gasteiger partial charge in [-0.3, -0.25) is 4.79 Å². The van der Waals surface area contributed by atoms with Gasteiger partial charge < -0.3 is 15.1 Å². The van der Waals surface area contributed by atoms with Gasteiger partial charge in [0, 0.05) is 39.1 Å². The van der Waals surface area contributed by atoms with Gasteiger partial charge in [0.15, 0.2) is 5.96 Å². The number of likely N-dealkylation sites (N-methyl/N-ethyl adjacent to an activating group) is 1. The van der Waals surface area contributed by atoms with Gasteiger partial charge in [-0.2, -0.15) is 0 Å². The van der Waals surface area contributed by atoms with E-state index in [9.17, 15) is 4.79 Å². The molecule has 1 saturated carbocycles. The van der Waals surface area contributed by atoms with Gasteiger partial charge >= 0.3 is 0 Å². The zero-order valence-corrected chi connectivity index (χ0v) is 15.0. The largest absolute Gasteiger partial charge is 0.353 e. The first-order valence-corrected chi connectivity index (χ1v) is 8.85. The van der Waals surface area contributed by atoms with Crippen LogP contribution in [0, 0.1) is 6.92 Å². The van der Waals surface area contributed by atoms with Crippen molar-refractivity contribution in [3.63, 3.8) is 0 Å². The van der Waals surface area contributed by atoms with Crippen LogP contribution in [0.2, 0.25) is 0 Å². The molecule has 1 unspecified atom stereocenters. The summed E-state index contributed by atoms with van der Waals surface area (Å²) < 4.78 is 0. The van der Waals surface area contributed by atoms with E-state index in [4.69, 9.17) is 0 Å². The van der Waals surface area contributed by atoms with Crippen molar-refractivity contribution in [2.45, 2.75) is 38.1 Å². The van der Waals surface area contributed by atoms with Crippen LogP contribution in [-0.4, -0.2) is 61.4 Å². The number of likely N-dealkylation sites (tertiary alicyclic amines) is 1. The number of benzene rings is 1. The summed E-state index contributed by atoms with van der Waals surface area (Å²) in [6.45, 7) is 4.32. The van der Waals surface area contributed by atoms with Gasteiger partial charge in [0.25, 0.3) is 0 Å². The van der Waals surface area contributed by atoms with E-state index in [0.717, 1.165) is 25.5 Å². The van der Waals surface area contributed by atoms with Crippen molar-refractivity contribution in [2.24, 2.45) is 4.99 Å². The summed E-state index contributed by atoms with van der Waals surface area (Å²) in [7, 11) is 3.55. The Labute approximate surface area is 144 Å². The molecule has 1 heterocycles. The van der Waals surface area contributed by atoms with E-state index in [1.807, 2.05) is 0 Å². The Kier molecular flexibility index (Phi) is 5.07. The van der Waals surface area contributed by atoms with Crippen LogP contribution < -0.4 is 5.32 Å². The predicted molar refractivity (Wildman–Crippen MR) is 97.3 cm³/mol. The Hall–Kier alpha value is -2.04. The first kappa shape index (κ1) is 16.8. The minimum atomic E-state index is 0.0412. The molecule has 130 valence electrons. The molecule has 24 heavy (non-hydrogen) atoms. The number of carbonyl (C=O) groups excluding carboxylic acids is 1. The Morgan fingerprint density at radius 3 is 2.79 bits per heavy atom. The van der Waals surface area contributed by atoms with Crippen LogP contribution in [0.4, 0.5) is 0 Å². The molecule has 0 aromatic heterocycles. The van der Waals surface area contributed by atoms with E-state index in [2.05, 4.69) is 46.4 Å². The summed E-state index contributed by atoms with van der Waals surface area (Å²) >= 11 is 0. The number of guanidine groups is 1. The van der Waals surface area contributed by atoms with Gasteiger partial charge in [-0.05, 0) is 31.7 Å². The van der Waals surface area contributed by atoms with Crippen LogP contribution in [-0.2, 0) is 4.79 Å². The fourth-order valence-corrected chi connectivity index (χ4v) is 3.08. The van der Waals surface area contributed by atoms with Gasteiger partial charge in [-0.25, -0.2) is 4.99 Å². The minimum Gasteiger partial charge on any atom is -0.353 e. The zero-order valence-electron chi connectivity index (χ0n) is 15.0. The Balaban J connectivity index is 1.67. The van der Waals surface area contributed by atoms with Gasteiger partial charge in [0.1, 0.15) is 6.54 Å². The van der Waals surface area contributed by atoms with E-state index in [-0.39, 0.29) is 12.5 Å². The smallest absolute Gasteiger partial charge is 0.243 e. The third kappa shape index (κ3) is 4.28. The fourth-order valence-electron chi connectivity index (χ4n) is 3.08. The van der Waals surface area contributed by atoms with E-state index in [1.165, 1.54) is 24.0 Å². The number of aliphatic imine (C=N–C) groups is 1. The molecule has 0 radical (unpaired) electrons. The lowest BCUT2D eigenvalue weighted by Gasteiger charge is -2.22. The second-order valence-electron chi connectivity index (χ2n) is 7.19. The summed E-state index contributed by atoms with van der Waals surface area (Å²) in [6, 6.07) is 9.33. The van der Waals surface area contributed by atoms with Crippen LogP contribution in [0.5, 0.6) is 0 Å². The third-order valence-electron chi connectivity index (χ3n) is 4.77. The topological polar surface area (TPSA) is 47.9 Å². The lowest BCUT2D eigenvalue weighted by atomic mass is 9.97. The molecular formula is C19H28N4O. The average molecular weight is 328 g/mol. The predicted octanol–water partition coefficient (Wildman–Crippen LogP) is 1.98. The number of hydrogen-bond donors (Lipinski definition) is 1. The molecule has 1 N–H and O–H groups in total. The van der Waals surface area contributed by atoms with Crippen LogP contribution in [0.1, 0.15) is 36.3 Å². The lowest BCUT2D eigenvalue weighted by Crippen LogP contribution is -2.42. The lowest BCUT2D eigenvalue weighted by molar-refractivity contribution is -0.127. The van der Waals surface area contributed by atoms with Crippen molar-refractivity contribution in [3.05, 3.63) is 35.4 Å². The molecule has 5 heteroatoms. The molecule has 1 saturated heterocycles. The third-order valence-corrected chi connectivity index (χ3v) is 4.77. The molecule has 1 aliphatic heterocycles. The number of nitrogens with one attached hydrogen (secondary N) is 1. The number of aryl methyl sites for hydroxylation is 1. The quantitative estimate of drug-likeness (QED) is 0.679. The van der Waals surface area contributed by atoms with Crippen molar-refractivity contribution >= 4 is 11.9 Å². The Bertz CT molecular complexity index is 622. The summed E-state index contributed by atoms with van der Waals surface area (Å²) in [5.74, 6) is 1.49. The second kappa shape index (κ2) is 7.24. The molecule has 5 nitrogen and oxygen atoms in total. The van der Waals surface area contributed by atoms with E-state index in [1.54, 1.807) is 19.0 Å². The highest BCUT2D eigenvalue weighted by molar-refractivity contribution is 5.85. The van der Waals surface area contributed by atoms with Crippen LogP contribution >= 0.6 is 0 Å². The Morgan fingerprint density at radius 1 is 1.33 bits per heavy atom. The number of nitrogens with zero attached hydrogens (tertiary/aromatic N) is 3.